The number of hydrogen-bond acceptors (Lipinski definition) is 3. The second kappa shape index (κ2) is 4.10. The van der Waals surface area contributed by atoms with Gasteiger partial charge in [-0.05, 0) is 6.92 Å². The Bertz CT molecular complexity index is 184. The van der Waals surface area contributed by atoms with E-state index in [1.54, 1.807) is 12.5 Å². The molecule has 0 saturated heterocycles. The summed E-state index contributed by atoms with van der Waals surface area (Å²) in [6.45, 7) is 3.25. The van der Waals surface area contributed by atoms with Crippen LogP contribution in [-0.4, -0.2) is 22.4 Å². The molecule has 4 heteroatoms. The highest BCUT2D eigenvalue weighted by atomic mass is 16.5. The molecule has 0 aliphatic heterocycles. The summed E-state index contributed by atoms with van der Waals surface area (Å²) in [5, 5.41) is 0. The van der Waals surface area contributed by atoms with Gasteiger partial charge in [0.15, 0.2) is 0 Å². The number of ether oxygens (including phenoxy) is 1. The molecule has 1 unspecified atom stereocenters. The topological polar surface area (TPSA) is 53.1 Å². The Morgan fingerprint density at radius 2 is 2.55 bits per heavy atom. The van der Waals surface area contributed by atoms with Crippen molar-refractivity contribution in [2.45, 2.75) is 19.7 Å². The van der Waals surface area contributed by atoms with Gasteiger partial charge < -0.3 is 15.0 Å². The van der Waals surface area contributed by atoms with Crippen molar-refractivity contribution in [3.63, 3.8) is 0 Å². The van der Waals surface area contributed by atoms with E-state index in [1.807, 2.05) is 17.7 Å². The fourth-order valence-corrected chi connectivity index (χ4v) is 0.763. The molecule has 2 N–H and O–H groups in total. The van der Waals surface area contributed by atoms with E-state index < -0.39 is 0 Å². The van der Waals surface area contributed by atoms with Crippen molar-refractivity contribution in [2.24, 2.45) is 5.73 Å². The summed E-state index contributed by atoms with van der Waals surface area (Å²) in [7, 11) is 0. The second-order valence-electron chi connectivity index (χ2n) is 2.38. The van der Waals surface area contributed by atoms with Gasteiger partial charge in [-0.25, -0.2) is 4.98 Å². The number of hydrogen-bond donors (Lipinski definition) is 1. The van der Waals surface area contributed by atoms with E-state index in [0.717, 1.165) is 6.54 Å². The predicted octanol–water partition coefficient (Wildman–Crippen LogP) is 0.204. The van der Waals surface area contributed by atoms with E-state index in [-0.39, 0.29) is 6.23 Å². The molecule has 1 rings (SSSR count). The maximum atomic E-state index is 5.38. The summed E-state index contributed by atoms with van der Waals surface area (Å²) >= 11 is 0. The van der Waals surface area contributed by atoms with Crippen LogP contribution < -0.4 is 5.73 Å². The molecule has 1 atom stereocenters. The Morgan fingerprint density at radius 1 is 1.73 bits per heavy atom. The van der Waals surface area contributed by atoms with Crippen molar-refractivity contribution in [2.75, 3.05) is 6.61 Å². The zero-order chi connectivity index (χ0) is 8.10. The molecule has 1 aromatic rings. The fourth-order valence-electron chi connectivity index (χ4n) is 0.763. The fraction of sp³-hybridized carbons (Fsp3) is 0.571. The van der Waals surface area contributed by atoms with Crippen molar-refractivity contribution in [1.29, 1.82) is 0 Å². The Morgan fingerprint density at radius 3 is 3.09 bits per heavy atom. The molecule has 0 radical (unpaired) electrons. The lowest BCUT2D eigenvalue weighted by Gasteiger charge is -2.06. The average Bonchev–Trinajstić information content (AvgIpc) is 2.39. The number of aromatic nitrogens is 2. The molecule has 0 aliphatic rings. The van der Waals surface area contributed by atoms with Gasteiger partial charge in [-0.15, -0.1) is 0 Å². The summed E-state index contributed by atoms with van der Waals surface area (Å²) in [4.78, 5) is 3.90. The third-order valence-corrected chi connectivity index (χ3v) is 1.29. The average molecular weight is 155 g/mol. The summed E-state index contributed by atoms with van der Waals surface area (Å²) in [6, 6.07) is 0. The molecule has 11 heavy (non-hydrogen) atoms. The Labute approximate surface area is 66.0 Å². The summed E-state index contributed by atoms with van der Waals surface area (Å²) in [5.41, 5.74) is 5.38. The van der Waals surface area contributed by atoms with E-state index in [1.165, 1.54) is 0 Å². The van der Waals surface area contributed by atoms with Crippen LogP contribution in [0.4, 0.5) is 0 Å². The number of nitrogens with two attached hydrogens (primary N) is 1. The zero-order valence-electron chi connectivity index (χ0n) is 6.60. The van der Waals surface area contributed by atoms with Crippen LogP contribution >= 0.6 is 0 Å². The minimum absolute atomic E-state index is 0.182. The van der Waals surface area contributed by atoms with Gasteiger partial charge in [-0.1, -0.05) is 0 Å². The van der Waals surface area contributed by atoms with Crippen LogP contribution in [0.5, 0.6) is 0 Å². The van der Waals surface area contributed by atoms with Gasteiger partial charge in [0.2, 0.25) is 0 Å². The van der Waals surface area contributed by atoms with Gasteiger partial charge in [-0.3, -0.25) is 0 Å². The summed E-state index contributed by atoms with van der Waals surface area (Å²) in [5.74, 6) is 0. The zero-order valence-corrected chi connectivity index (χ0v) is 6.60. The van der Waals surface area contributed by atoms with Gasteiger partial charge in [0, 0.05) is 18.9 Å². The first-order valence-electron chi connectivity index (χ1n) is 3.62. The molecule has 0 fully saturated rings. The van der Waals surface area contributed by atoms with Crippen LogP contribution in [0.1, 0.15) is 6.92 Å². The first kappa shape index (κ1) is 8.23. The van der Waals surface area contributed by atoms with Crippen molar-refractivity contribution in [3.8, 4) is 0 Å². The minimum Gasteiger partial charge on any atom is -0.362 e. The molecule has 0 aliphatic carbocycles. The van der Waals surface area contributed by atoms with Gasteiger partial charge in [0.05, 0.1) is 12.9 Å². The third-order valence-electron chi connectivity index (χ3n) is 1.29. The van der Waals surface area contributed by atoms with Crippen LogP contribution in [0.3, 0.4) is 0 Å². The van der Waals surface area contributed by atoms with Crippen LogP contribution in [0, 0.1) is 0 Å². The van der Waals surface area contributed by atoms with Gasteiger partial charge in [0.25, 0.3) is 0 Å². The third kappa shape index (κ3) is 3.15. The molecular formula is C7H13N3O. The van der Waals surface area contributed by atoms with Gasteiger partial charge >= 0.3 is 0 Å². The molecule has 0 amide bonds. The standard InChI is InChI=1S/C7H13N3O/c1-7(8)11-5-4-10-3-2-9-6-10/h2-3,6-7H,4-5,8H2,1H3. The first-order chi connectivity index (χ1) is 5.29. The van der Waals surface area contributed by atoms with Gasteiger partial charge in [0.1, 0.15) is 6.23 Å². The Balaban J connectivity index is 2.14. The Hall–Kier alpha value is -0.870. The highest BCUT2D eigenvalue weighted by Crippen LogP contribution is 1.87. The number of rotatable bonds is 4. The molecule has 0 spiro atoms. The molecule has 0 saturated carbocycles. The maximum Gasteiger partial charge on any atom is 0.102 e. The molecular weight excluding hydrogens is 142 g/mol. The van der Waals surface area contributed by atoms with Crippen molar-refractivity contribution in [3.05, 3.63) is 18.7 Å². The lowest BCUT2D eigenvalue weighted by molar-refractivity contribution is 0.0648. The van der Waals surface area contributed by atoms with E-state index in [2.05, 4.69) is 4.98 Å². The van der Waals surface area contributed by atoms with Crippen LogP contribution in [-0.2, 0) is 11.3 Å². The van der Waals surface area contributed by atoms with E-state index in [0.29, 0.717) is 6.61 Å². The van der Waals surface area contributed by atoms with E-state index in [9.17, 15) is 0 Å². The van der Waals surface area contributed by atoms with Crippen molar-refractivity contribution in [1.82, 2.24) is 9.55 Å². The molecule has 0 bridgehead atoms. The minimum atomic E-state index is -0.182. The monoisotopic (exact) mass is 155 g/mol. The molecule has 1 aromatic heterocycles. The normalized spacial score (nSPS) is 13.3. The maximum absolute atomic E-state index is 5.38. The lowest BCUT2D eigenvalue weighted by Crippen LogP contribution is -2.21. The molecule has 0 aromatic carbocycles. The first-order valence-corrected chi connectivity index (χ1v) is 3.62. The quantitative estimate of drug-likeness (QED) is 0.632. The van der Waals surface area contributed by atoms with E-state index >= 15 is 0 Å². The van der Waals surface area contributed by atoms with Crippen molar-refractivity contribution < 1.29 is 4.74 Å². The summed E-state index contributed by atoms with van der Waals surface area (Å²) < 4.78 is 7.09. The molecule has 4 nitrogen and oxygen atoms in total. The number of nitrogens with zero attached hydrogens (tertiary/aromatic N) is 2. The molecule has 62 valence electrons. The summed E-state index contributed by atoms with van der Waals surface area (Å²) in [6.07, 6.45) is 5.21. The lowest BCUT2D eigenvalue weighted by atomic mass is 10.6. The largest absolute Gasteiger partial charge is 0.362 e. The van der Waals surface area contributed by atoms with Gasteiger partial charge in [-0.2, -0.15) is 0 Å². The van der Waals surface area contributed by atoms with Crippen molar-refractivity contribution >= 4 is 0 Å². The van der Waals surface area contributed by atoms with Crippen LogP contribution in [0.15, 0.2) is 18.7 Å². The SMILES string of the molecule is CC(N)OCCn1ccnc1. The Kier molecular flexibility index (Phi) is 3.07. The van der Waals surface area contributed by atoms with Crippen LogP contribution in [0.2, 0.25) is 0 Å². The molecule has 1 heterocycles. The smallest absolute Gasteiger partial charge is 0.102 e. The highest BCUT2D eigenvalue weighted by molar-refractivity contribution is 4.73. The highest BCUT2D eigenvalue weighted by Gasteiger charge is 1.92. The number of imidazole rings is 1. The second-order valence-corrected chi connectivity index (χ2v) is 2.38. The predicted molar refractivity (Wildman–Crippen MR) is 41.8 cm³/mol. The van der Waals surface area contributed by atoms with E-state index in [4.69, 9.17) is 10.5 Å². The van der Waals surface area contributed by atoms with Crippen LogP contribution in [0.25, 0.3) is 0 Å².